The minimum Gasteiger partial charge on any atom is -0.497 e. The Kier molecular flexibility index (Phi) is 4.58. The number of anilines is 1. The molecule has 2 N–H and O–H groups in total. The SMILES string of the molecule is COc1ccc(-c2nc(N)nc(-c3ccoc3)c2Cc2ccccc2)cc1. The van der Waals surface area contributed by atoms with Gasteiger partial charge in [-0.1, -0.05) is 30.3 Å². The second kappa shape index (κ2) is 7.33. The van der Waals surface area contributed by atoms with Crippen molar-refractivity contribution in [3.8, 4) is 28.3 Å². The number of aromatic nitrogens is 2. The molecule has 0 saturated carbocycles. The summed E-state index contributed by atoms with van der Waals surface area (Å²) in [6.07, 6.45) is 3.99. The van der Waals surface area contributed by atoms with Crippen molar-refractivity contribution >= 4 is 5.95 Å². The van der Waals surface area contributed by atoms with Crippen molar-refractivity contribution in [2.45, 2.75) is 6.42 Å². The van der Waals surface area contributed by atoms with Crippen LogP contribution >= 0.6 is 0 Å². The molecule has 0 bridgehead atoms. The second-order valence-electron chi connectivity index (χ2n) is 6.16. The molecule has 134 valence electrons. The number of furan rings is 1. The van der Waals surface area contributed by atoms with E-state index < -0.39 is 0 Å². The summed E-state index contributed by atoms with van der Waals surface area (Å²) in [7, 11) is 1.65. The highest BCUT2D eigenvalue weighted by molar-refractivity contribution is 5.75. The number of rotatable bonds is 5. The molecule has 5 nitrogen and oxygen atoms in total. The lowest BCUT2D eigenvalue weighted by atomic mass is 9.95. The van der Waals surface area contributed by atoms with Crippen LogP contribution in [0.15, 0.2) is 77.6 Å². The maximum Gasteiger partial charge on any atom is 0.221 e. The van der Waals surface area contributed by atoms with Gasteiger partial charge in [0.25, 0.3) is 0 Å². The van der Waals surface area contributed by atoms with E-state index in [-0.39, 0.29) is 5.95 Å². The first-order valence-corrected chi connectivity index (χ1v) is 8.62. The molecule has 2 aromatic carbocycles. The molecule has 0 saturated heterocycles. The molecule has 0 spiro atoms. The van der Waals surface area contributed by atoms with Crippen molar-refractivity contribution in [1.29, 1.82) is 0 Å². The molecule has 0 aliphatic heterocycles. The van der Waals surface area contributed by atoms with E-state index in [1.54, 1.807) is 19.6 Å². The van der Waals surface area contributed by atoms with Gasteiger partial charge in [0.15, 0.2) is 0 Å². The molecular formula is C22H19N3O2. The molecule has 4 aromatic rings. The summed E-state index contributed by atoms with van der Waals surface area (Å²) in [5, 5.41) is 0. The van der Waals surface area contributed by atoms with Gasteiger partial charge in [0.1, 0.15) is 5.75 Å². The quantitative estimate of drug-likeness (QED) is 0.566. The van der Waals surface area contributed by atoms with Crippen LogP contribution in [0, 0.1) is 0 Å². The van der Waals surface area contributed by atoms with Crippen LogP contribution in [0.5, 0.6) is 5.75 Å². The number of methoxy groups -OCH3 is 1. The third-order valence-corrected chi connectivity index (χ3v) is 4.41. The first kappa shape index (κ1) is 16.8. The van der Waals surface area contributed by atoms with Crippen LogP contribution in [0.25, 0.3) is 22.5 Å². The van der Waals surface area contributed by atoms with Crippen LogP contribution in [0.2, 0.25) is 0 Å². The third-order valence-electron chi connectivity index (χ3n) is 4.41. The number of hydrogen-bond acceptors (Lipinski definition) is 5. The molecule has 27 heavy (non-hydrogen) atoms. The van der Waals surface area contributed by atoms with Crippen molar-refractivity contribution < 1.29 is 9.15 Å². The van der Waals surface area contributed by atoms with Crippen molar-refractivity contribution in [3.63, 3.8) is 0 Å². The predicted octanol–water partition coefficient (Wildman–Crippen LogP) is 4.59. The second-order valence-corrected chi connectivity index (χ2v) is 6.16. The average molecular weight is 357 g/mol. The maximum absolute atomic E-state index is 6.04. The van der Waals surface area contributed by atoms with Crippen LogP contribution in [0.4, 0.5) is 5.95 Å². The average Bonchev–Trinajstić information content (AvgIpc) is 3.24. The highest BCUT2D eigenvalue weighted by atomic mass is 16.5. The fraction of sp³-hybridized carbons (Fsp3) is 0.0909. The Hall–Kier alpha value is -3.60. The summed E-state index contributed by atoms with van der Waals surface area (Å²) in [5.74, 6) is 1.02. The van der Waals surface area contributed by atoms with Gasteiger partial charge < -0.3 is 14.9 Å². The summed E-state index contributed by atoms with van der Waals surface area (Å²) < 4.78 is 10.5. The summed E-state index contributed by atoms with van der Waals surface area (Å²) >= 11 is 0. The first-order chi connectivity index (χ1) is 13.2. The van der Waals surface area contributed by atoms with Crippen molar-refractivity contribution in [1.82, 2.24) is 9.97 Å². The number of nitrogens with zero attached hydrogens (tertiary/aromatic N) is 2. The van der Waals surface area contributed by atoms with E-state index in [0.29, 0.717) is 6.42 Å². The van der Waals surface area contributed by atoms with Gasteiger partial charge in [-0.15, -0.1) is 0 Å². The molecule has 0 atom stereocenters. The van der Waals surface area contributed by atoms with Gasteiger partial charge in [0.2, 0.25) is 5.95 Å². The zero-order valence-electron chi connectivity index (χ0n) is 14.9. The van der Waals surface area contributed by atoms with Gasteiger partial charge >= 0.3 is 0 Å². The summed E-state index contributed by atoms with van der Waals surface area (Å²) in [4.78, 5) is 9.07. The lowest BCUT2D eigenvalue weighted by Gasteiger charge is -2.14. The van der Waals surface area contributed by atoms with E-state index in [4.69, 9.17) is 14.9 Å². The summed E-state index contributed by atoms with van der Waals surface area (Å²) in [6, 6.07) is 19.9. The van der Waals surface area contributed by atoms with Crippen LogP contribution in [0.3, 0.4) is 0 Å². The largest absolute Gasteiger partial charge is 0.497 e. The minimum atomic E-state index is 0.230. The van der Waals surface area contributed by atoms with Gasteiger partial charge in [-0.25, -0.2) is 9.97 Å². The van der Waals surface area contributed by atoms with E-state index in [0.717, 1.165) is 33.8 Å². The number of nitrogen functional groups attached to an aromatic ring is 1. The van der Waals surface area contributed by atoms with Crippen molar-refractivity contribution in [3.05, 3.63) is 84.3 Å². The Bertz CT molecular complexity index is 1030. The summed E-state index contributed by atoms with van der Waals surface area (Å²) in [6.45, 7) is 0. The third kappa shape index (κ3) is 3.53. The molecule has 5 heteroatoms. The molecule has 2 aromatic heterocycles. The summed E-state index contributed by atoms with van der Waals surface area (Å²) in [5.41, 5.74) is 11.6. The molecule has 0 aliphatic rings. The number of hydrogen-bond donors (Lipinski definition) is 1. The Morgan fingerprint density at radius 2 is 1.59 bits per heavy atom. The Labute approximate surface area is 157 Å². The molecule has 0 radical (unpaired) electrons. The van der Waals surface area contributed by atoms with Crippen LogP contribution in [-0.2, 0) is 6.42 Å². The van der Waals surface area contributed by atoms with Gasteiger partial charge in [-0.3, -0.25) is 0 Å². The van der Waals surface area contributed by atoms with Gasteiger partial charge in [0, 0.05) is 23.1 Å². The number of nitrogens with two attached hydrogens (primary N) is 1. The van der Waals surface area contributed by atoms with Crippen LogP contribution in [0.1, 0.15) is 11.1 Å². The van der Waals surface area contributed by atoms with Gasteiger partial charge in [-0.05, 0) is 35.9 Å². The van der Waals surface area contributed by atoms with Crippen LogP contribution in [-0.4, -0.2) is 17.1 Å². The predicted molar refractivity (Wildman–Crippen MR) is 105 cm³/mol. The standard InChI is InChI=1S/C22H19N3O2/c1-26-18-9-7-16(8-10-18)20-19(13-15-5-3-2-4-6-15)21(25-22(23)24-20)17-11-12-27-14-17/h2-12,14H,13H2,1H3,(H2,23,24,25). The molecule has 2 heterocycles. The first-order valence-electron chi connectivity index (χ1n) is 8.62. The Balaban J connectivity index is 1.90. The van der Waals surface area contributed by atoms with E-state index in [1.807, 2.05) is 48.5 Å². The van der Waals surface area contributed by atoms with Gasteiger partial charge in [-0.2, -0.15) is 0 Å². The van der Waals surface area contributed by atoms with Crippen molar-refractivity contribution in [2.75, 3.05) is 12.8 Å². The van der Waals surface area contributed by atoms with Crippen molar-refractivity contribution in [2.24, 2.45) is 0 Å². The Morgan fingerprint density at radius 1 is 0.889 bits per heavy atom. The highest BCUT2D eigenvalue weighted by Gasteiger charge is 2.18. The maximum atomic E-state index is 6.04. The highest BCUT2D eigenvalue weighted by Crippen LogP contribution is 2.33. The zero-order valence-corrected chi connectivity index (χ0v) is 14.9. The number of ether oxygens (including phenoxy) is 1. The topological polar surface area (TPSA) is 74.2 Å². The fourth-order valence-corrected chi connectivity index (χ4v) is 3.09. The molecule has 4 rings (SSSR count). The molecule has 0 fully saturated rings. The van der Waals surface area contributed by atoms with E-state index >= 15 is 0 Å². The Morgan fingerprint density at radius 3 is 2.22 bits per heavy atom. The number of benzene rings is 2. The van der Waals surface area contributed by atoms with E-state index in [9.17, 15) is 0 Å². The molecule has 0 aliphatic carbocycles. The zero-order chi connectivity index (χ0) is 18.6. The van der Waals surface area contributed by atoms with Crippen LogP contribution < -0.4 is 10.5 Å². The monoisotopic (exact) mass is 357 g/mol. The fourth-order valence-electron chi connectivity index (χ4n) is 3.09. The van der Waals surface area contributed by atoms with E-state index in [2.05, 4.69) is 22.1 Å². The van der Waals surface area contributed by atoms with E-state index in [1.165, 1.54) is 5.56 Å². The minimum absolute atomic E-state index is 0.230. The normalized spacial score (nSPS) is 10.7. The molecule has 0 unspecified atom stereocenters. The smallest absolute Gasteiger partial charge is 0.221 e. The molecular weight excluding hydrogens is 338 g/mol. The lowest BCUT2D eigenvalue weighted by Crippen LogP contribution is -2.05. The lowest BCUT2D eigenvalue weighted by molar-refractivity contribution is 0.415. The molecule has 0 amide bonds. The van der Waals surface area contributed by atoms with Gasteiger partial charge in [0.05, 0.1) is 31.0 Å².